The molecule has 0 saturated carbocycles. The van der Waals surface area contributed by atoms with Crippen LogP contribution in [0.3, 0.4) is 0 Å². The van der Waals surface area contributed by atoms with Gasteiger partial charge in [0.2, 0.25) is 10.0 Å². The molecule has 0 aliphatic rings. The number of benzene rings is 1. The Balaban J connectivity index is 0.00000247. The van der Waals surface area contributed by atoms with Crippen molar-refractivity contribution in [2.75, 3.05) is 26.0 Å². The first kappa shape index (κ1) is 31.1. The summed E-state index contributed by atoms with van der Waals surface area (Å²) < 4.78 is 33.3. The maximum atomic E-state index is 13.3. The van der Waals surface area contributed by atoms with Crippen molar-refractivity contribution < 1.29 is 17.9 Å². The second-order valence-electron chi connectivity index (χ2n) is 8.74. The number of carbonyl (C=O) groups is 1. The van der Waals surface area contributed by atoms with Gasteiger partial charge in [-0.1, -0.05) is 39.0 Å². The molecule has 1 amide bonds. The van der Waals surface area contributed by atoms with Gasteiger partial charge in [-0.25, -0.2) is 12.7 Å². The standard InChI is InChI=1S/C26H36N4O5S.C2H6/c1-6-29(36(33,34)7-2)14-10-11-15-30-19(4)24(20-12-8-9-13-22(20)30)26(32)27-17-21-23(35-5)16-18(3)28-25(21)31;1-2/h8-9,12-13,16H,6-7,10-11,14-15,17H2,1-5H3,(H,27,32)(H,28,31);1-2H3. The number of methoxy groups -OCH3 is 1. The number of nitrogens with zero attached hydrogens (tertiary/aromatic N) is 2. The highest BCUT2D eigenvalue weighted by Crippen LogP contribution is 2.27. The van der Waals surface area contributed by atoms with Crippen molar-refractivity contribution >= 4 is 26.8 Å². The van der Waals surface area contributed by atoms with Crippen molar-refractivity contribution in [2.45, 2.75) is 67.5 Å². The zero-order valence-electron chi connectivity index (χ0n) is 23.7. The van der Waals surface area contributed by atoms with Gasteiger partial charge in [-0.15, -0.1) is 0 Å². The minimum Gasteiger partial charge on any atom is -0.496 e. The number of para-hydroxylation sites is 1. The van der Waals surface area contributed by atoms with E-state index < -0.39 is 10.0 Å². The largest absolute Gasteiger partial charge is 0.496 e. The molecule has 1 aromatic carbocycles. The van der Waals surface area contributed by atoms with Gasteiger partial charge in [0.1, 0.15) is 5.75 Å². The Morgan fingerprint density at radius 1 is 1.13 bits per heavy atom. The van der Waals surface area contributed by atoms with Crippen molar-refractivity contribution in [3.05, 3.63) is 63.2 Å². The molecule has 0 aliphatic heterocycles. The number of pyridine rings is 1. The number of H-pyrrole nitrogens is 1. The summed E-state index contributed by atoms with van der Waals surface area (Å²) in [4.78, 5) is 28.5. The molecule has 10 heteroatoms. The number of hydrogen-bond acceptors (Lipinski definition) is 5. The number of unbranched alkanes of at least 4 members (excludes halogenated alkanes) is 1. The van der Waals surface area contributed by atoms with E-state index in [0.717, 1.165) is 29.4 Å². The number of sulfonamides is 1. The van der Waals surface area contributed by atoms with Gasteiger partial charge in [0.25, 0.3) is 11.5 Å². The topological polar surface area (TPSA) is 114 Å². The average Bonchev–Trinajstić information content (AvgIpc) is 3.19. The minimum atomic E-state index is -3.21. The fourth-order valence-electron chi connectivity index (χ4n) is 4.53. The summed E-state index contributed by atoms with van der Waals surface area (Å²) in [5, 5.41) is 3.72. The highest BCUT2D eigenvalue weighted by Gasteiger charge is 2.21. The lowest BCUT2D eigenvalue weighted by molar-refractivity contribution is 0.0951. The summed E-state index contributed by atoms with van der Waals surface area (Å²) in [6, 6.07) is 9.45. The van der Waals surface area contributed by atoms with E-state index in [1.165, 1.54) is 11.4 Å². The summed E-state index contributed by atoms with van der Waals surface area (Å²) in [6.07, 6.45) is 1.49. The first-order valence-electron chi connectivity index (χ1n) is 13.2. The quantitative estimate of drug-likeness (QED) is 0.328. The average molecular weight is 547 g/mol. The van der Waals surface area contributed by atoms with Crippen LogP contribution in [0, 0.1) is 13.8 Å². The summed E-state index contributed by atoms with van der Waals surface area (Å²) >= 11 is 0. The third kappa shape index (κ3) is 7.05. The van der Waals surface area contributed by atoms with E-state index in [0.29, 0.717) is 42.2 Å². The van der Waals surface area contributed by atoms with Gasteiger partial charge in [-0.3, -0.25) is 9.59 Å². The van der Waals surface area contributed by atoms with Gasteiger partial charge >= 0.3 is 0 Å². The van der Waals surface area contributed by atoms with Gasteiger partial charge in [0, 0.05) is 41.9 Å². The lowest BCUT2D eigenvalue weighted by atomic mass is 10.1. The molecule has 0 saturated heterocycles. The minimum absolute atomic E-state index is 0.0370. The zero-order chi connectivity index (χ0) is 28.5. The molecule has 0 fully saturated rings. The molecule has 2 aromatic heterocycles. The first-order chi connectivity index (χ1) is 18.1. The van der Waals surface area contributed by atoms with Crippen LogP contribution in [0.15, 0.2) is 35.1 Å². The molecule has 3 rings (SSSR count). The SMILES string of the molecule is CC.CCN(CCCCn1c(C)c(C(=O)NCc2c(OC)cc(C)[nH]c2=O)c2ccccc21)S(=O)(=O)CC. The number of amides is 1. The van der Waals surface area contributed by atoms with Gasteiger partial charge in [0.05, 0.1) is 30.5 Å². The van der Waals surface area contributed by atoms with Crippen molar-refractivity contribution in [1.29, 1.82) is 0 Å². The smallest absolute Gasteiger partial charge is 0.256 e. The van der Waals surface area contributed by atoms with Crippen LogP contribution in [0.4, 0.5) is 0 Å². The number of aromatic nitrogens is 2. The predicted octanol–water partition coefficient (Wildman–Crippen LogP) is 4.36. The number of rotatable bonds is 12. The maximum Gasteiger partial charge on any atom is 0.256 e. The van der Waals surface area contributed by atoms with E-state index >= 15 is 0 Å². The number of ether oxygens (including phenoxy) is 1. The molecule has 38 heavy (non-hydrogen) atoms. The van der Waals surface area contributed by atoms with Crippen LogP contribution < -0.4 is 15.6 Å². The van der Waals surface area contributed by atoms with Gasteiger partial charge in [-0.2, -0.15) is 0 Å². The Bertz CT molecular complexity index is 1390. The molecule has 3 aromatic rings. The Morgan fingerprint density at radius 2 is 1.82 bits per heavy atom. The molecule has 2 N–H and O–H groups in total. The summed E-state index contributed by atoms with van der Waals surface area (Å²) in [6.45, 7) is 12.8. The Morgan fingerprint density at radius 3 is 2.45 bits per heavy atom. The van der Waals surface area contributed by atoms with Crippen molar-refractivity contribution in [3.8, 4) is 5.75 Å². The third-order valence-electron chi connectivity index (χ3n) is 6.48. The number of fused-ring (bicyclic) bond motifs is 1. The normalized spacial score (nSPS) is 11.4. The van der Waals surface area contributed by atoms with E-state index in [4.69, 9.17) is 4.74 Å². The monoisotopic (exact) mass is 546 g/mol. The molecule has 0 unspecified atom stereocenters. The van der Waals surface area contributed by atoms with E-state index in [1.54, 1.807) is 19.9 Å². The van der Waals surface area contributed by atoms with Gasteiger partial charge in [0.15, 0.2) is 0 Å². The first-order valence-corrected chi connectivity index (χ1v) is 14.9. The van der Waals surface area contributed by atoms with Crippen LogP contribution in [-0.4, -0.2) is 54.1 Å². The molecule has 210 valence electrons. The lowest BCUT2D eigenvalue weighted by Gasteiger charge is -2.19. The van der Waals surface area contributed by atoms with E-state index in [2.05, 4.69) is 14.9 Å². The van der Waals surface area contributed by atoms with Gasteiger partial charge in [-0.05, 0) is 45.7 Å². The lowest BCUT2D eigenvalue weighted by Crippen LogP contribution is -2.33. The maximum absolute atomic E-state index is 13.3. The van der Waals surface area contributed by atoms with Crippen LogP contribution in [0.25, 0.3) is 10.9 Å². The molecule has 2 heterocycles. The van der Waals surface area contributed by atoms with Crippen molar-refractivity contribution in [3.63, 3.8) is 0 Å². The summed E-state index contributed by atoms with van der Waals surface area (Å²) in [7, 11) is -1.71. The molecule has 9 nitrogen and oxygen atoms in total. The molecule has 0 spiro atoms. The number of nitrogens with one attached hydrogen (secondary N) is 2. The van der Waals surface area contributed by atoms with Crippen LogP contribution >= 0.6 is 0 Å². The van der Waals surface area contributed by atoms with E-state index in [1.807, 2.05) is 52.0 Å². The number of aromatic amines is 1. The Kier molecular flexibility index (Phi) is 11.6. The summed E-state index contributed by atoms with van der Waals surface area (Å²) in [5.74, 6) is 0.263. The molecule has 0 atom stereocenters. The fourth-order valence-corrected chi connectivity index (χ4v) is 5.70. The highest BCUT2D eigenvalue weighted by atomic mass is 32.2. The molecule has 0 radical (unpaired) electrons. The molecule has 0 aliphatic carbocycles. The number of carbonyl (C=O) groups excluding carboxylic acids is 1. The van der Waals surface area contributed by atoms with Crippen LogP contribution in [0.2, 0.25) is 0 Å². The molecular weight excluding hydrogens is 504 g/mol. The van der Waals surface area contributed by atoms with E-state index in [9.17, 15) is 18.0 Å². The molecular formula is C28H42N4O5S. The van der Waals surface area contributed by atoms with Gasteiger partial charge < -0.3 is 19.6 Å². The van der Waals surface area contributed by atoms with Crippen LogP contribution in [0.5, 0.6) is 5.75 Å². The van der Waals surface area contributed by atoms with Crippen LogP contribution in [0.1, 0.15) is 67.8 Å². The zero-order valence-corrected chi connectivity index (χ0v) is 24.5. The second-order valence-corrected chi connectivity index (χ2v) is 11.0. The second kappa shape index (κ2) is 14.2. The Hall–Kier alpha value is -3.11. The Labute approximate surface area is 226 Å². The third-order valence-corrected chi connectivity index (χ3v) is 8.44. The molecule has 0 bridgehead atoms. The highest BCUT2D eigenvalue weighted by molar-refractivity contribution is 7.89. The van der Waals surface area contributed by atoms with E-state index in [-0.39, 0.29) is 23.8 Å². The number of aryl methyl sites for hydroxylation is 2. The number of hydrogen-bond donors (Lipinski definition) is 2. The fraction of sp³-hybridized carbons (Fsp3) is 0.500. The van der Waals surface area contributed by atoms with Crippen LogP contribution in [-0.2, 0) is 23.1 Å². The predicted molar refractivity (Wildman–Crippen MR) is 153 cm³/mol. The van der Waals surface area contributed by atoms with Crippen molar-refractivity contribution in [2.24, 2.45) is 0 Å². The summed E-state index contributed by atoms with van der Waals surface area (Å²) in [5.41, 5.74) is 3.08. The van der Waals surface area contributed by atoms with Crippen molar-refractivity contribution in [1.82, 2.24) is 19.2 Å².